The monoisotopic (exact) mass is 594 g/mol. The molecule has 2 aliphatic rings. The van der Waals surface area contributed by atoms with Crippen LogP contribution in [0.5, 0.6) is 0 Å². The third-order valence-corrected chi connectivity index (χ3v) is 7.71. The van der Waals surface area contributed by atoms with Crippen molar-refractivity contribution in [3.63, 3.8) is 0 Å². The number of nitrogens with zero attached hydrogens (tertiary/aromatic N) is 3. The highest BCUT2D eigenvalue weighted by Gasteiger charge is 2.38. The van der Waals surface area contributed by atoms with E-state index < -0.39 is 44.7 Å². The largest absolute Gasteiger partial charge is 0.490 e. The van der Waals surface area contributed by atoms with E-state index in [0.717, 1.165) is 38.5 Å². The van der Waals surface area contributed by atoms with Gasteiger partial charge in [0.15, 0.2) is 11.6 Å². The fourth-order valence-electron chi connectivity index (χ4n) is 4.52. The van der Waals surface area contributed by atoms with Crippen LogP contribution in [0.15, 0.2) is 35.4 Å². The van der Waals surface area contributed by atoms with Crippen LogP contribution in [-0.4, -0.2) is 79.4 Å². The van der Waals surface area contributed by atoms with Gasteiger partial charge in [-0.25, -0.2) is 31.8 Å². The molecule has 220 valence electrons. The lowest BCUT2D eigenvalue weighted by Crippen LogP contribution is -2.41. The molecule has 3 N–H and O–H groups in total. The van der Waals surface area contributed by atoms with Crippen LogP contribution in [0.25, 0.3) is 0 Å². The van der Waals surface area contributed by atoms with E-state index in [1.807, 2.05) is 4.90 Å². The minimum absolute atomic E-state index is 0.0773. The Morgan fingerprint density at radius 3 is 2.25 bits per heavy atom. The van der Waals surface area contributed by atoms with Gasteiger partial charge in [0.25, 0.3) is 10.0 Å². The molecule has 0 aliphatic carbocycles. The molecule has 0 spiro atoms. The van der Waals surface area contributed by atoms with E-state index in [0.29, 0.717) is 37.0 Å². The lowest BCUT2D eigenvalue weighted by molar-refractivity contribution is -0.192. The second-order valence-corrected chi connectivity index (χ2v) is 11.0. The van der Waals surface area contributed by atoms with Crippen LogP contribution in [-0.2, 0) is 14.8 Å². The van der Waals surface area contributed by atoms with Gasteiger partial charge in [-0.05, 0) is 69.0 Å². The lowest BCUT2D eigenvalue weighted by atomic mass is 9.97. The SMILES string of the molecule is O=C(O)C(F)(F)F.O=C(O)c1cc(NS(=O)(=O)c2ccc(F)c(F)c2)cnc1N1CCCC(CN2CCCC2)C1. The summed E-state index contributed by atoms with van der Waals surface area (Å²) in [4.78, 5) is 29.0. The summed E-state index contributed by atoms with van der Waals surface area (Å²) in [6.07, 6.45) is 0.570. The first-order valence-corrected chi connectivity index (χ1v) is 13.6. The van der Waals surface area contributed by atoms with Gasteiger partial charge in [0.2, 0.25) is 0 Å². The van der Waals surface area contributed by atoms with Gasteiger partial charge >= 0.3 is 18.1 Å². The maximum Gasteiger partial charge on any atom is 0.490 e. The van der Waals surface area contributed by atoms with Crippen LogP contribution >= 0.6 is 0 Å². The van der Waals surface area contributed by atoms with Crippen molar-refractivity contribution in [3.05, 3.63) is 47.7 Å². The summed E-state index contributed by atoms with van der Waals surface area (Å²) in [6.45, 7) is 4.53. The molecule has 2 aliphatic heterocycles. The molecule has 0 radical (unpaired) electrons. The number of likely N-dealkylation sites (tertiary alicyclic amines) is 1. The van der Waals surface area contributed by atoms with Gasteiger partial charge in [0.1, 0.15) is 11.4 Å². The minimum Gasteiger partial charge on any atom is -0.478 e. The number of aliphatic carboxylic acids is 1. The number of aromatic carboxylic acids is 1. The Hall–Kier alpha value is -3.53. The smallest absolute Gasteiger partial charge is 0.478 e. The molecular weight excluding hydrogens is 567 g/mol. The standard InChI is InChI=1S/C22H26F2N4O4S.C2HF3O2/c23-19-6-5-17(11-20(19)24)33(31,32)26-16-10-18(22(29)30)21(25-12-16)28-9-3-4-15(14-28)13-27-7-1-2-8-27;3-2(4,5)1(6)7/h5-6,10-12,15,26H,1-4,7-9,13-14H2,(H,29,30);(H,6,7). The summed E-state index contributed by atoms with van der Waals surface area (Å²) in [6, 6.07) is 3.40. The zero-order valence-electron chi connectivity index (χ0n) is 21.0. The number of sulfonamides is 1. The van der Waals surface area contributed by atoms with Crippen molar-refractivity contribution < 1.29 is 50.2 Å². The van der Waals surface area contributed by atoms with E-state index in [4.69, 9.17) is 9.90 Å². The van der Waals surface area contributed by atoms with Gasteiger partial charge in [0, 0.05) is 19.6 Å². The molecule has 0 amide bonds. The van der Waals surface area contributed by atoms with E-state index in [1.165, 1.54) is 25.1 Å². The van der Waals surface area contributed by atoms with E-state index in [9.17, 15) is 40.3 Å². The fraction of sp³-hybridized carbons (Fsp3) is 0.458. The highest BCUT2D eigenvalue weighted by atomic mass is 32.2. The van der Waals surface area contributed by atoms with Gasteiger partial charge in [-0.2, -0.15) is 13.2 Å². The number of piperidine rings is 1. The molecule has 1 aromatic carbocycles. The molecule has 2 saturated heterocycles. The van der Waals surface area contributed by atoms with Gasteiger partial charge < -0.3 is 20.0 Å². The zero-order chi connectivity index (χ0) is 29.7. The number of halogens is 5. The molecule has 1 atom stereocenters. The summed E-state index contributed by atoms with van der Waals surface area (Å²) in [7, 11) is -4.26. The van der Waals surface area contributed by atoms with Gasteiger partial charge in [-0.15, -0.1) is 0 Å². The lowest BCUT2D eigenvalue weighted by Gasteiger charge is -2.36. The maximum atomic E-state index is 13.5. The van der Waals surface area contributed by atoms with Crippen LogP contribution in [0, 0.1) is 17.6 Å². The summed E-state index contributed by atoms with van der Waals surface area (Å²) in [5, 5.41) is 16.9. The zero-order valence-corrected chi connectivity index (χ0v) is 21.8. The molecule has 40 heavy (non-hydrogen) atoms. The number of hydrogen-bond acceptors (Lipinski definition) is 7. The number of carboxylic acid groups (broad SMARTS) is 2. The Balaban J connectivity index is 0.000000559. The molecule has 1 unspecified atom stereocenters. The second kappa shape index (κ2) is 12.8. The Morgan fingerprint density at radius 1 is 1.02 bits per heavy atom. The summed E-state index contributed by atoms with van der Waals surface area (Å²) >= 11 is 0. The molecule has 3 heterocycles. The predicted octanol–water partition coefficient (Wildman–Crippen LogP) is 3.80. The second-order valence-electron chi connectivity index (χ2n) is 9.35. The molecule has 2 aromatic rings. The number of pyridine rings is 1. The first kappa shape index (κ1) is 31.0. The van der Waals surface area contributed by atoms with Gasteiger partial charge in [-0.1, -0.05) is 0 Å². The summed E-state index contributed by atoms with van der Waals surface area (Å²) in [5.41, 5.74) is -0.200. The Kier molecular flexibility index (Phi) is 9.89. The predicted molar refractivity (Wildman–Crippen MR) is 133 cm³/mol. The molecule has 16 heteroatoms. The number of benzene rings is 1. The minimum atomic E-state index is -5.08. The van der Waals surface area contributed by atoms with Crippen molar-refractivity contribution in [2.75, 3.05) is 42.3 Å². The van der Waals surface area contributed by atoms with Gasteiger partial charge in [-0.3, -0.25) is 4.72 Å². The number of carbonyl (C=O) groups is 2. The third-order valence-electron chi connectivity index (χ3n) is 6.33. The van der Waals surface area contributed by atoms with E-state index in [2.05, 4.69) is 14.6 Å². The number of aromatic nitrogens is 1. The highest BCUT2D eigenvalue weighted by Crippen LogP contribution is 2.28. The molecule has 1 aromatic heterocycles. The van der Waals surface area contributed by atoms with Crippen molar-refractivity contribution in [1.82, 2.24) is 9.88 Å². The molecule has 2 fully saturated rings. The molecule has 0 bridgehead atoms. The van der Waals surface area contributed by atoms with Crippen LogP contribution < -0.4 is 9.62 Å². The number of rotatable bonds is 7. The molecule has 0 saturated carbocycles. The first-order valence-electron chi connectivity index (χ1n) is 12.2. The van der Waals surface area contributed by atoms with Crippen molar-refractivity contribution in [2.24, 2.45) is 5.92 Å². The number of carboxylic acids is 2. The van der Waals surface area contributed by atoms with Crippen LogP contribution in [0.1, 0.15) is 36.0 Å². The van der Waals surface area contributed by atoms with Crippen molar-refractivity contribution >= 4 is 33.5 Å². The first-order chi connectivity index (χ1) is 18.7. The van der Waals surface area contributed by atoms with E-state index in [-0.39, 0.29) is 11.3 Å². The van der Waals surface area contributed by atoms with Crippen molar-refractivity contribution in [1.29, 1.82) is 0 Å². The van der Waals surface area contributed by atoms with Crippen LogP contribution in [0.4, 0.5) is 33.5 Å². The van der Waals surface area contributed by atoms with Crippen LogP contribution in [0.2, 0.25) is 0 Å². The molecule has 4 rings (SSSR count). The Morgan fingerprint density at radius 2 is 1.68 bits per heavy atom. The summed E-state index contributed by atoms with van der Waals surface area (Å²) in [5.74, 6) is -5.75. The average Bonchev–Trinajstić information content (AvgIpc) is 3.38. The molecule has 10 nitrogen and oxygen atoms in total. The van der Waals surface area contributed by atoms with E-state index in [1.54, 1.807) is 0 Å². The highest BCUT2D eigenvalue weighted by molar-refractivity contribution is 7.92. The summed E-state index contributed by atoms with van der Waals surface area (Å²) < 4.78 is 85.6. The van der Waals surface area contributed by atoms with Crippen LogP contribution in [0.3, 0.4) is 0 Å². The van der Waals surface area contributed by atoms with Crippen molar-refractivity contribution in [3.8, 4) is 0 Å². The van der Waals surface area contributed by atoms with E-state index >= 15 is 0 Å². The fourth-order valence-corrected chi connectivity index (χ4v) is 5.56. The average molecular weight is 595 g/mol. The Labute approximate surface area is 226 Å². The number of alkyl halides is 3. The number of hydrogen-bond donors (Lipinski definition) is 3. The third kappa shape index (κ3) is 8.24. The normalized spacial score (nSPS) is 18.1. The topological polar surface area (TPSA) is 140 Å². The van der Waals surface area contributed by atoms with Crippen molar-refractivity contribution in [2.45, 2.75) is 36.8 Å². The number of anilines is 2. The Bertz CT molecular complexity index is 1340. The number of nitrogens with one attached hydrogen (secondary N) is 1. The quantitative estimate of drug-likeness (QED) is 0.409. The van der Waals surface area contributed by atoms with Gasteiger partial charge in [0.05, 0.1) is 16.8 Å². The molecular formula is C24H27F5N4O6S. The maximum absolute atomic E-state index is 13.5.